The van der Waals surface area contributed by atoms with Gasteiger partial charge >= 0.3 is 0 Å². The standard InChI is InChI=1S/C20H20N6OS2/c1-10-11(2)28-19-15(10)18(27)22-16(23-19)12(3)29-20-25-24-17(26(20)14-4-5-14)13-6-8-21-9-7-13/h6-9,12,14H,4-5H2,1-3H3,(H,22,23,27)/t12-/m1/s1. The van der Waals surface area contributed by atoms with Gasteiger partial charge in [0, 0.05) is 28.9 Å². The average molecular weight is 425 g/mol. The van der Waals surface area contributed by atoms with E-state index in [0.717, 1.165) is 44.7 Å². The van der Waals surface area contributed by atoms with E-state index in [2.05, 4.69) is 24.7 Å². The van der Waals surface area contributed by atoms with Crippen LogP contribution in [0.25, 0.3) is 21.6 Å². The van der Waals surface area contributed by atoms with Crippen LogP contribution < -0.4 is 5.56 Å². The molecule has 0 unspecified atom stereocenters. The predicted octanol–water partition coefficient (Wildman–Crippen LogP) is 4.44. The predicted molar refractivity (Wildman–Crippen MR) is 116 cm³/mol. The Morgan fingerprint density at radius 3 is 2.72 bits per heavy atom. The molecule has 4 heterocycles. The van der Waals surface area contributed by atoms with Crippen molar-refractivity contribution in [2.24, 2.45) is 0 Å². The van der Waals surface area contributed by atoms with E-state index in [9.17, 15) is 4.79 Å². The molecule has 0 aromatic carbocycles. The molecular weight excluding hydrogens is 404 g/mol. The molecule has 0 radical (unpaired) electrons. The first kappa shape index (κ1) is 18.5. The molecule has 0 bridgehead atoms. The number of thioether (sulfide) groups is 1. The number of aromatic nitrogens is 6. The van der Waals surface area contributed by atoms with Crippen molar-refractivity contribution < 1.29 is 0 Å². The lowest BCUT2D eigenvalue weighted by molar-refractivity contribution is 0.667. The van der Waals surface area contributed by atoms with Crippen LogP contribution in [-0.4, -0.2) is 29.7 Å². The van der Waals surface area contributed by atoms with Crippen LogP contribution in [0.1, 0.15) is 47.3 Å². The largest absolute Gasteiger partial charge is 0.309 e. The number of nitrogens with zero attached hydrogens (tertiary/aromatic N) is 5. The number of aryl methyl sites for hydroxylation is 2. The van der Waals surface area contributed by atoms with Crippen LogP contribution in [-0.2, 0) is 0 Å². The molecular formula is C20H20N6OS2. The van der Waals surface area contributed by atoms with E-state index in [0.29, 0.717) is 17.3 Å². The number of rotatable bonds is 5. The fourth-order valence-corrected chi connectivity index (χ4v) is 5.41. The van der Waals surface area contributed by atoms with Crippen molar-refractivity contribution in [3.63, 3.8) is 0 Å². The number of aromatic amines is 1. The van der Waals surface area contributed by atoms with Gasteiger partial charge in [0.2, 0.25) is 0 Å². The molecule has 1 saturated carbocycles. The second kappa shape index (κ2) is 7.07. The topological polar surface area (TPSA) is 89.3 Å². The van der Waals surface area contributed by atoms with E-state index in [-0.39, 0.29) is 10.8 Å². The number of nitrogens with one attached hydrogen (secondary N) is 1. The summed E-state index contributed by atoms with van der Waals surface area (Å²) >= 11 is 3.15. The van der Waals surface area contributed by atoms with Crippen molar-refractivity contribution in [2.45, 2.75) is 50.1 Å². The number of hydrogen-bond donors (Lipinski definition) is 1. The molecule has 1 fully saturated rings. The highest BCUT2D eigenvalue weighted by molar-refractivity contribution is 7.99. The Morgan fingerprint density at radius 1 is 1.24 bits per heavy atom. The minimum Gasteiger partial charge on any atom is -0.309 e. The molecule has 1 N–H and O–H groups in total. The maximum absolute atomic E-state index is 12.6. The normalized spacial score (nSPS) is 15.1. The minimum absolute atomic E-state index is 0.0539. The molecule has 7 nitrogen and oxygen atoms in total. The van der Waals surface area contributed by atoms with Gasteiger partial charge in [-0.15, -0.1) is 21.5 Å². The summed E-state index contributed by atoms with van der Waals surface area (Å²) in [6.45, 7) is 6.04. The third-order valence-corrected chi connectivity index (χ3v) is 7.41. The molecule has 1 atom stereocenters. The van der Waals surface area contributed by atoms with Crippen molar-refractivity contribution in [2.75, 3.05) is 0 Å². The summed E-state index contributed by atoms with van der Waals surface area (Å²) in [5.74, 6) is 1.54. The van der Waals surface area contributed by atoms with Gasteiger partial charge in [-0.1, -0.05) is 11.8 Å². The number of hydrogen-bond acceptors (Lipinski definition) is 7. The van der Waals surface area contributed by atoms with Gasteiger partial charge in [0.15, 0.2) is 11.0 Å². The third-order valence-electron chi connectivity index (χ3n) is 5.24. The van der Waals surface area contributed by atoms with Gasteiger partial charge in [0.1, 0.15) is 10.7 Å². The Kier molecular flexibility index (Phi) is 4.51. The molecule has 1 aliphatic carbocycles. The van der Waals surface area contributed by atoms with E-state index in [1.165, 1.54) is 0 Å². The van der Waals surface area contributed by atoms with Crippen molar-refractivity contribution in [3.8, 4) is 11.4 Å². The molecule has 0 spiro atoms. The smallest absolute Gasteiger partial charge is 0.259 e. The highest BCUT2D eigenvalue weighted by Crippen LogP contribution is 2.43. The first-order valence-corrected chi connectivity index (χ1v) is 11.2. The lowest BCUT2D eigenvalue weighted by atomic mass is 10.2. The van der Waals surface area contributed by atoms with Gasteiger partial charge in [-0.2, -0.15) is 0 Å². The van der Waals surface area contributed by atoms with Crippen LogP contribution in [0, 0.1) is 13.8 Å². The van der Waals surface area contributed by atoms with Gasteiger partial charge in [0.25, 0.3) is 5.56 Å². The molecule has 4 aromatic rings. The Hall–Kier alpha value is -2.52. The third kappa shape index (κ3) is 3.28. The maximum Gasteiger partial charge on any atom is 0.259 e. The van der Waals surface area contributed by atoms with Crippen molar-refractivity contribution in [1.82, 2.24) is 29.7 Å². The summed E-state index contributed by atoms with van der Waals surface area (Å²) in [7, 11) is 0. The van der Waals surface area contributed by atoms with E-state index in [1.807, 2.05) is 32.9 Å². The van der Waals surface area contributed by atoms with Crippen LogP contribution in [0.15, 0.2) is 34.5 Å². The summed E-state index contributed by atoms with van der Waals surface area (Å²) in [5.41, 5.74) is 1.96. The van der Waals surface area contributed by atoms with Crippen LogP contribution in [0.5, 0.6) is 0 Å². The lowest BCUT2D eigenvalue weighted by Gasteiger charge is -2.12. The summed E-state index contributed by atoms with van der Waals surface area (Å²) in [4.78, 5) is 26.4. The van der Waals surface area contributed by atoms with Gasteiger partial charge in [0.05, 0.1) is 10.6 Å². The SMILES string of the molecule is Cc1sc2nc([C@@H](C)Sc3nnc(-c4ccncc4)n3C3CC3)[nH]c(=O)c2c1C. The van der Waals surface area contributed by atoms with E-state index < -0.39 is 0 Å². The van der Waals surface area contributed by atoms with E-state index in [4.69, 9.17) is 4.98 Å². The van der Waals surface area contributed by atoms with Crippen molar-refractivity contribution >= 4 is 33.3 Å². The van der Waals surface area contributed by atoms with E-state index >= 15 is 0 Å². The van der Waals surface area contributed by atoms with Crippen LogP contribution in [0.4, 0.5) is 0 Å². The quantitative estimate of drug-likeness (QED) is 0.476. The van der Waals surface area contributed by atoms with Crippen LogP contribution in [0.2, 0.25) is 0 Å². The number of thiophene rings is 1. The van der Waals surface area contributed by atoms with Crippen LogP contribution >= 0.6 is 23.1 Å². The maximum atomic E-state index is 12.6. The zero-order valence-electron chi connectivity index (χ0n) is 16.3. The van der Waals surface area contributed by atoms with Gasteiger partial charge in [-0.3, -0.25) is 14.3 Å². The Labute approximate surface area is 175 Å². The minimum atomic E-state index is -0.0690. The average Bonchev–Trinajstić information content (AvgIpc) is 3.40. The molecule has 0 amide bonds. The first-order chi connectivity index (χ1) is 14.0. The number of H-pyrrole nitrogens is 1. The highest BCUT2D eigenvalue weighted by atomic mass is 32.2. The summed E-state index contributed by atoms with van der Waals surface area (Å²) in [6.07, 6.45) is 5.80. The number of pyridine rings is 1. The molecule has 4 aromatic heterocycles. The number of fused-ring (bicyclic) bond motifs is 1. The summed E-state index contributed by atoms with van der Waals surface area (Å²) < 4.78 is 2.21. The monoisotopic (exact) mass is 424 g/mol. The lowest BCUT2D eigenvalue weighted by Crippen LogP contribution is -2.12. The fraction of sp³-hybridized carbons (Fsp3) is 0.350. The summed E-state index contributed by atoms with van der Waals surface area (Å²) in [6, 6.07) is 4.34. The second-order valence-corrected chi connectivity index (χ2v) is 9.83. The summed E-state index contributed by atoms with van der Waals surface area (Å²) in [5, 5.41) is 10.4. The van der Waals surface area contributed by atoms with E-state index in [1.54, 1.807) is 35.5 Å². The fourth-order valence-electron chi connectivity index (χ4n) is 3.39. The molecule has 29 heavy (non-hydrogen) atoms. The molecule has 5 rings (SSSR count). The van der Waals surface area contributed by atoms with Crippen LogP contribution in [0.3, 0.4) is 0 Å². The molecule has 148 valence electrons. The first-order valence-electron chi connectivity index (χ1n) is 9.54. The zero-order valence-corrected chi connectivity index (χ0v) is 18.0. The van der Waals surface area contributed by atoms with Gasteiger partial charge in [-0.05, 0) is 51.3 Å². The Morgan fingerprint density at radius 2 is 2.00 bits per heavy atom. The highest BCUT2D eigenvalue weighted by Gasteiger charge is 2.31. The molecule has 9 heteroatoms. The Balaban J connectivity index is 1.50. The molecule has 1 aliphatic rings. The second-order valence-electron chi connectivity index (χ2n) is 7.32. The van der Waals surface area contributed by atoms with Crippen molar-refractivity contribution in [3.05, 3.63) is 51.1 Å². The van der Waals surface area contributed by atoms with Gasteiger partial charge < -0.3 is 4.98 Å². The van der Waals surface area contributed by atoms with Crippen molar-refractivity contribution in [1.29, 1.82) is 0 Å². The molecule has 0 saturated heterocycles. The molecule has 0 aliphatic heterocycles. The Bertz CT molecular complexity index is 1260. The van der Waals surface area contributed by atoms with Gasteiger partial charge in [-0.25, -0.2) is 4.98 Å². The zero-order chi connectivity index (χ0) is 20.1.